The summed E-state index contributed by atoms with van der Waals surface area (Å²) in [5.41, 5.74) is 5.91. The average Bonchev–Trinajstić information content (AvgIpc) is 2.59. The monoisotopic (exact) mass is 305 g/mol. The van der Waals surface area contributed by atoms with E-state index in [0.717, 1.165) is 13.0 Å². The number of benzene rings is 2. The normalized spacial score (nSPS) is 24.2. The molecule has 0 aliphatic heterocycles. The van der Waals surface area contributed by atoms with E-state index in [9.17, 15) is 4.79 Å². The average molecular weight is 305 g/mol. The Kier molecular flexibility index (Phi) is 3.48. The van der Waals surface area contributed by atoms with Crippen molar-refractivity contribution in [1.29, 1.82) is 0 Å². The minimum atomic E-state index is 0.0513. The summed E-state index contributed by atoms with van der Waals surface area (Å²) in [6, 6.07) is 17.7. The minimum absolute atomic E-state index is 0.0513. The third-order valence-corrected chi connectivity index (χ3v) is 5.49. The van der Waals surface area contributed by atoms with Crippen molar-refractivity contribution in [3.8, 4) is 0 Å². The topological polar surface area (TPSA) is 29.1 Å². The molecule has 23 heavy (non-hydrogen) atoms. The van der Waals surface area contributed by atoms with Gasteiger partial charge in [0, 0.05) is 24.3 Å². The van der Waals surface area contributed by atoms with Crippen LogP contribution in [-0.2, 0) is 4.79 Å². The van der Waals surface area contributed by atoms with Crippen molar-refractivity contribution >= 4 is 5.91 Å². The Hall–Kier alpha value is -2.09. The Morgan fingerprint density at radius 1 is 1.00 bits per heavy atom. The molecule has 2 aromatic carbocycles. The fourth-order valence-electron chi connectivity index (χ4n) is 4.40. The van der Waals surface area contributed by atoms with Gasteiger partial charge in [-0.15, -0.1) is 0 Å². The van der Waals surface area contributed by atoms with E-state index < -0.39 is 0 Å². The third-order valence-electron chi connectivity index (χ3n) is 5.49. The summed E-state index contributed by atoms with van der Waals surface area (Å²) >= 11 is 0. The van der Waals surface area contributed by atoms with Crippen LogP contribution in [0, 0.1) is 11.8 Å². The lowest BCUT2D eigenvalue weighted by atomic mass is 9.59. The molecule has 2 aromatic rings. The zero-order valence-electron chi connectivity index (χ0n) is 13.8. The van der Waals surface area contributed by atoms with Gasteiger partial charge in [-0.25, -0.2) is 0 Å². The molecule has 1 atom stereocenters. The van der Waals surface area contributed by atoms with Crippen molar-refractivity contribution in [3.63, 3.8) is 0 Å². The molecule has 1 N–H and O–H groups in total. The second kappa shape index (κ2) is 5.52. The summed E-state index contributed by atoms with van der Waals surface area (Å²) in [6.45, 7) is 4.68. The van der Waals surface area contributed by atoms with Gasteiger partial charge >= 0.3 is 0 Å². The maximum Gasteiger partial charge on any atom is 0.222 e. The van der Waals surface area contributed by atoms with Crippen LogP contribution in [0.4, 0.5) is 0 Å². The minimum Gasteiger partial charge on any atom is -0.356 e. The summed E-state index contributed by atoms with van der Waals surface area (Å²) < 4.78 is 0. The van der Waals surface area contributed by atoms with E-state index in [0.29, 0.717) is 17.8 Å². The molecular weight excluding hydrogens is 282 g/mol. The second-order valence-electron chi connectivity index (χ2n) is 7.18. The first-order chi connectivity index (χ1) is 11.2. The first kappa shape index (κ1) is 14.5. The largest absolute Gasteiger partial charge is 0.356 e. The first-order valence-electron chi connectivity index (χ1n) is 8.62. The summed E-state index contributed by atoms with van der Waals surface area (Å²) in [7, 11) is 0. The molecule has 0 radical (unpaired) electrons. The van der Waals surface area contributed by atoms with Crippen molar-refractivity contribution in [2.75, 3.05) is 6.54 Å². The van der Waals surface area contributed by atoms with Crippen LogP contribution in [-0.4, -0.2) is 12.5 Å². The molecule has 0 saturated heterocycles. The van der Waals surface area contributed by atoms with Crippen LogP contribution in [0.2, 0.25) is 0 Å². The number of nitrogens with one attached hydrogen (secondary N) is 1. The number of fused-ring (bicyclic) bond motifs is 1. The molecule has 3 aliphatic carbocycles. The Bertz CT molecular complexity index is 702. The van der Waals surface area contributed by atoms with Crippen molar-refractivity contribution < 1.29 is 4.79 Å². The van der Waals surface area contributed by atoms with Crippen molar-refractivity contribution in [3.05, 3.63) is 70.8 Å². The maximum atomic E-state index is 12.0. The number of carbonyl (C=O) groups excluding carboxylic acids is 1. The molecule has 0 fully saturated rings. The summed E-state index contributed by atoms with van der Waals surface area (Å²) in [4.78, 5) is 12.0. The van der Waals surface area contributed by atoms with Gasteiger partial charge in [0.2, 0.25) is 5.91 Å². The predicted molar refractivity (Wildman–Crippen MR) is 92.5 cm³/mol. The van der Waals surface area contributed by atoms with Crippen LogP contribution in [0.3, 0.4) is 0 Å². The lowest BCUT2D eigenvalue weighted by Gasteiger charge is -2.45. The highest BCUT2D eigenvalue weighted by Gasteiger charge is 2.42. The Morgan fingerprint density at radius 2 is 1.52 bits per heavy atom. The molecule has 0 spiro atoms. The highest BCUT2D eigenvalue weighted by atomic mass is 16.1. The Balaban J connectivity index is 1.70. The Morgan fingerprint density at radius 3 is 2.04 bits per heavy atom. The molecule has 0 aromatic heterocycles. The van der Waals surface area contributed by atoms with E-state index in [-0.39, 0.29) is 11.8 Å². The van der Waals surface area contributed by atoms with Crippen molar-refractivity contribution in [2.45, 2.75) is 32.1 Å². The van der Waals surface area contributed by atoms with Crippen LogP contribution in [0.25, 0.3) is 0 Å². The van der Waals surface area contributed by atoms with Crippen molar-refractivity contribution in [2.24, 2.45) is 11.8 Å². The van der Waals surface area contributed by atoms with E-state index in [1.807, 2.05) is 13.8 Å². The van der Waals surface area contributed by atoms with Crippen LogP contribution in [0.5, 0.6) is 0 Å². The van der Waals surface area contributed by atoms with Gasteiger partial charge in [0.15, 0.2) is 0 Å². The fourth-order valence-corrected chi connectivity index (χ4v) is 4.40. The van der Waals surface area contributed by atoms with Gasteiger partial charge in [-0.1, -0.05) is 62.4 Å². The molecule has 3 aliphatic rings. The molecule has 2 heteroatoms. The SMILES string of the molecule is CC(C)C(=O)NC[C@H]1CC2c3ccccc3C1c1ccccc12. The maximum absolute atomic E-state index is 12.0. The second-order valence-corrected chi connectivity index (χ2v) is 7.18. The molecule has 0 unspecified atom stereocenters. The number of hydrogen-bond acceptors (Lipinski definition) is 1. The standard InChI is InChI=1S/C21H23NO/c1-13(2)21(23)22-12-14-11-19-15-7-3-5-9-17(15)20(14)18-10-6-4-8-16(18)19/h3-10,13-14,19-20H,11-12H2,1-2H3,(H,22,23)/t14-,19?,20?/m1/s1. The lowest BCUT2D eigenvalue weighted by molar-refractivity contribution is -0.124. The summed E-state index contributed by atoms with van der Waals surface area (Å²) in [5.74, 6) is 1.60. The summed E-state index contributed by atoms with van der Waals surface area (Å²) in [6.07, 6.45) is 1.14. The van der Waals surface area contributed by atoms with Crippen LogP contribution in [0.15, 0.2) is 48.5 Å². The highest BCUT2D eigenvalue weighted by Crippen LogP contribution is 2.55. The number of rotatable bonds is 3. The van der Waals surface area contributed by atoms with Crippen molar-refractivity contribution in [1.82, 2.24) is 5.32 Å². The van der Waals surface area contributed by atoms with Gasteiger partial charge in [-0.2, -0.15) is 0 Å². The smallest absolute Gasteiger partial charge is 0.222 e. The van der Waals surface area contributed by atoms with E-state index in [1.165, 1.54) is 22.3 Å². The van der Waals surface area contributed by atoms with Gasteiger partial charge in [-0.3, -0.25) is 4.79 Å². The first-order valence-corrected chi connectivity index (χ1v) is 8.62. The van der Waals surface area contributed by atoms with E-state index in [2.05, 4.69) is 53.8 Å². The quantitative estimate of drug-likeness (QED) is 0.910. The van der Waals surface area contributed by atoms with E-state index in [4.69, 9.17) is 0 Å². The summed E-state index contributed by atoms with van der Waals surface area (Å²) in [5, 5.41) is 3.16. The van der Waals surface area contributed by atoms with Gasteiger partial charge in [0.1, 0.15) is 0 Å². The van der Waals surface area contributed by atoms with Gasteiger partial charge in [0.05, 0.1) is 0 Å². The van der Waals surface area contributed by atoms with Crippen LogP contribution < -0.4 is 5.32 Å². The number of amides is 1. The lowest BCUT2D eigenvalue weighted by Crippen LogP contribution is -2.40. The third kappa shape index (κ3) is 2.28. The molecule has 0 heterocycles. The molecule has 1 amide bonds. The van der Waals surface area contributed by atoms with Gasteiger partial charge in [0.25, 0.3) is 0 Å². The van der Waals surface area contributed by atoms with E-state index in [1.54, 1.807) is 0 Å². The number of carbonyl (C=O) groups is 1. The molecule has 118 valence electrons. The number of hydrogen-bond donors (Lipinski definition) is 1. The highest BCUT2D eigenvalue weighted by molar-refractivity contribution is 5.77. The zero-order valence-corrected chi connectivity index (χ0v) is 13.8. The molecule has 2 nitrogen and oxygen atoms in total. The van der Waals surface area contributed by atoms with Crippen LogP contribution in [0.1, 0.15) is 54.4 Å². The predicted octanol–water partition coefficient (Wildman–Crippen LogP) is 4.06. The van der Waals surface area contributed by atoms with Gasteiger partial charge in [-0.05, 0) is 34.6 Å². The van der Waals surface area contributed by atoms with Gasteiger partial charge < -0.3 is 5.32 Å². The molecule has 2 bridgehead atoms. The fraction of sp³-hybridized carbons (Fsp3) is 0.381. The van der Waals surface area contributed by atoms with Crippen LogP contribution >= 0.6 is 0 Å². The van der Waals surface area contributed by atoms with E-state index >= 15 is 0 Å². The molecule has 5 rings (SSSR count). The molecular formula is C21H23NO. The zero-order chi connectivity index (χ0) is 16.0. The molecule has 0 saturated carbocycles. The Labute approximate surface area is 137 Å².